The number of nitrogens with one attached hydrogen (secondary N) is 3. The maximum absolute atomic E-state index is 12.2. The molecule has 0 radical (unpaired) electrons. The van der Waals surface area contributed by atoms with Gasteiger partial charge in [-0.25, -0.2) is 13.1 Å². The molecule has 1 aliphatic heterocycles. The largest absolute Gasteiger partial charge is 0.497 e. The molecule has 0 saturated carbocycles. The minimum atomic E-state index is -3.57. The van der Waals surface area contributed by atoms with Gasteiger partial charge in [-0.1, -0.05) is 6.07 Å². The average Bonchev–Trinajstić information content (AvgIpc) is 2.82. The lowest BCUT2D eigenvalue weighted by Gasteiger charge is -2.35. The van der Waals surface area contributed by atoms with Crippen molar-refractivity contribution >= 4 is 21.7 Å². The van der Waals surface area contributed by atoms with E-state index in [1.54, 1.807) is 20.2 Å². The standard InChI is InChI=1S/C21H30N6O3S/c1-22-21(24-11-12-25-31(28,29)20-9-4-10-23-15-20)26-17-6-5-13-27(16-17)18-7-3-8-19(14-18)30-2/h3-4,7-10,14-15,17,25H,5-6,11-13,16H2,1-2H3,(H2,22,24,26). The second-order valence-electron chi connectivity index (χ2n) is 7.22. The zero-order chi connectivity index (χ0) is 22.1. The van der Waals surface area contributed by atoms with Crippen molar-refractivity contribution in [3.8, 4) is 5.75 Å². The normalized spacial score (nSPS) is 17.3. The SMILES string of the molecule is CN=C(NCCNS(=O)(=O)c1cccnc1)NC1CCCN(c2cccc(OC)c2)C1. The van der Waals surface area contributed by atoms with Gasteiger partial charge in [0.25, 0.3) is 0 Å². The molecule has 31 heavy (non-hydrogen) atoms. The van der Waals surface area contributed by atoms with Crippen LogP contribution in [0.25, 0.3) is 0 Å². The topological polar surface area (TPSA) is 108 Å². The zero-order valence-electron chi connectivity index (χ0n) is 17.9. The molecular formula is C21H30N6O3S. The van der Waals surface area contributed by atoms with E-state index in [0.29, 0.717) is 12.5 Å². The van der Waals surface area contributed by atoms with E-state index in [0.717, 1.165) is 37.4 Å². The van der Waals surface area contributed by atoms with Crippen LogP contribution in [0.3, 0.4) is 0 Å². The van der Waals surface area contributed by atoms with Crippen molar-refractivity contribution in [2.75, 3.05) is 45.2 Å². The van der Waals surface area contributed by atoms with Gasteiger partial charge in [-0.2, -0.15) is 0 Å². The predicted octanol–water partition coefficient (Wildman–Crippen LogP) is 1.20. The number of pyridine rings is 1. The Hall–Kier alpha value is -2.85. The summed E-state index contributed by atoms with van der Waals surface area (Å²) in [4.78, 5) is 10.6. The van der Waals surface area contributed by atoms with E-state index < -0.39 is 10.0 Å². The van der Waals surface area contributed by atoms with E-state index >= 15 is 0 Å². The fourth-order valence-electron chi connectivity index (χ4n) is 3.48. The molecule has 10 heteroatoms. The maximum atomic E-state index is 12.2. The second-order valence-corrected chi connectivity index (χ2v) is 8.98. The molecule has 1 atom stereocenters. The van der Waals surface area contributed by atoms with Gasteiger partial charge in [-0.05, 0) is 37.1 Å². The highest BCUT2D eigenvalue weighted by Crippen LogP contribution is 2.24. The Morgan fingerprint density at radius 2 is 2.16 bits per heavy atom. The molecule has 0 amide bonds. The second kappa shape index (κ2) is 11.0. The molecule has 0 bridgehead atoms. The van der Waals surface area contributed by atoms with Gasteiger partial charge < -0.3 is 20.3 Å². The van der Waals surface area contributed by atoms with Gasteiger partial charge >= 0.3 is 0 Å². The lowest BCUT2D eigenvalue weighted by molar-refractivity contribution is 0.414. The number of ether oxygens (including phenoxy) is 1. The smallest absolute Gasteiger partial charge is 0.242 e. The van der Waals surface area contributed by atoms with Crippen molar-refractivity contribution in [3.05, 3.63) is 48.8 Å². The number of benzene rings is 1. The Morgan fingerprint density at radius 1 is 1.29 bits per heavy atom. The number of rotatable bonds is 8. The summed E-state index contributed by atoms with van der Waals surface area (Å²) in [6.45, 7) is 2.49. The third-order valence-electron chi connectivity index (χ3n) is 5.06. The molecular weight excluding hydrogens is 416 g/mol. The molecule has 1 unspecified atom stereocenters. The first-order valence-electron chi connectivity index (χ1n) is 10.3. The summed E-state index contributed by atoms with van der Waals surface area (Å²) in [7, 11) is -0.187. The van der Waals surface area contributed by atoms with E-state index in [1.807, 2.05) is 18.2 Å². The van der Waals surface area contributed by atoms with Gasteiger partial charge in [0.05, 0.1) is 7.11 Å². The Morgan fingerprint density at radius 3 is 2.90 bits per heavy atom. The summed E-state index contributed by atoms with van der Waals surface area (Å²) in [6.07, 6.45) is 4.97. The molecule has 2 heterocycles. The number of nitrogens with zero attached hydrogens (tertiary/aromatic N) is 3. The predicted molar refractivity (Wildman–Crippen MR) is 122 cm³/mol. The summed E-state index contributed by atoms with van der Waals surface area (Å²) in [5.74, 6) is 1.50. The first kappa shape index (κ1) is 22.8. The molecule has 1 saturated heterocycles. The Labute approximate surface area is 184 Å². The van der Waals surface area contributed by atoms with Crippen LogP contribution >= 0.6 is 0 Å². The number of guanidine groups is 1. The number of hydrogen-bond acceptors (Lipinski definition) is 6. The van der Waals surface area contributed by atoms with Gasteiger partial charge in [-0.15, -0.1) is 0 Å². The number of piperidine rings is 1. The monoisotopic (exact) mass is 446 g/mol. The lowest BCUT2D eigenvalue weighted by Crippen LogP contribution is -2.52. The van der Waals surface area contributed by atoms with Crippen molar-refractivity contribution in [3.63, 3.8) is 0 Å². The van der Waals surface area contributed by atoms with Gasteiger partial charge in [0, 0.05) is 63.4 Å². The van der Waals surface area contributed by atoms with Crippen LogP contribution in [0.15, 0.2) is 58.7 Å². The molecule has 168 valence electrons. The van der Waals surface area contributed by atoms with Crippen LogP contribution < -0.4 is 25.0 Å². The molecule has 1 aromatic carbocycles. The van der Waals surface area contributed by atoms with Crippen molar-refractivity contribution in [2.45, 2.75) is 23.8 Å². The minimum absolute atomic E-state index is 0.150. The summed E-state index contributed by atoms with van der Waals surface area (Å²) in [5.41, 5.74) is 1.14. The molecule has 1 aromatic heterocycles. The fourth-order valence-corrected chi connectivity index (χ4v) is 4.48. The molecule has 0 spiro atoms. The van der Waals surface area contributed by atoms with Crippen molar-refractivity contribution < 1.29 is 13.2 Å². The summed E-state index contributed by atoms with van der Waals surface area (Å²) >= 11 is 0. The minimum Gasteiger partial charge on any atom is -0.497 e. The van der Waals surface area contributed by atoms with Crippen LogP contribution in [0, 0.1) is 0 Å². The van der Waals surface area contributed by atoms with E-state index in [2.05, 4.69) is 36.3 Å². The Bertz CT molecular complexity index is 968. The maximum Gasteiger partial charge on any atom is 0.242 e. The number of hydrogen-bond donors (Lipinski definition) is 3. The third-order valence-corrected chi connectivity index (χ3v) is 6.50. The number of methoxy groups -OCH3 is 1. The average molecular weight is 447 g/mol. The molecule has 1 aliphatic rings. The number of aromatic nitrogens is 1. The van der Waals surface area contributed by atoms with Crippen LogP contribution in [0.5, 0.6) is 5.75 Å². The summed E-state index contributed by atoms with van der Waals surface area (Å²) in [6, 6.07) is 11.4. The van der Waals surface area contributed by atoms with Crippen LogP contribution in [0.2, 0.25) is 0 Å². The summed E-state index contributed by atoms with van der Waals surface area (Å²) < 4.78 is 32.4. The van der Waals surface area contributed by atoms with Gasteiger partial charge in [-0.3, -0.25) is 9.98 Å². The zero-order valence-corrected chi connectivity index (χ0v) is 18.7. The van der Waals surface area contributed by atoms with E-state index in [9.17, 15) is 8.42 Å². The van der Waals surface area contributed by atoms with Crippen molar-refractivity contribution in [2.24, 2.45) is 4.99 Å². The van der Waals surface area contributed by atoms with Crippen molar-refractivity contribution in [1.29, 1.82) is 0 Å². The number of sulfonamides is 1. The molecule has 0 aliphatic carbocycles. The fraction of sp³-hybridized carbons (Fsp3) is 0.429. The van der Waals surface area contributed by atoms with Gasteiger partial charge in [0.15, 0.2) is 5.96 Å². The third kappa shape index (κ3) is 6.56. The summed E-state index contributed by atoms with van der Waals surface area (Å²) in [5, 5.41) is 6.61. The highest BCUT2D eigenvalue weighted by atomic mass is 32.2. The van der Waals surface area contributed by atoms with E-state index in [1.165, 1.54) is 18.5 Å². The molecule has 3 rings (SSSR count). The van der Waals surface area contributed by atoms with Crippen LogP contribution in [-0.4, -0.2) is 65.7 Å². The molecule has 3 N–H and O–H groups in total. The van der Waals surface area contributed by atoms with Gasteiger partial charge in [0.1, 0.15) is 10.6 Å². The Kier molecular flexibility index (Phi) is 8.07. The van der Waals surface area contributed by atoms with Crippen LogP contribution in [-0.2, 0) is 10.0 Å². The highest BCUT2D eigenvalue weighted by molar-refractivity contribution is 7.89. The quantitative estimate of drug-likeness (QED) is 0.318. The van der Waals surface area contributed by atoms with Gasteiger partial charge in [0.2, 0.25) is 10.0 Å². The van der Waals surface area contributed by atoms with Crippen LogP contribution in [0.4, 0.5) is 5.69 Å². The van der Waals surface area contributed by atoms with E-state index in [-0.39, 0.29) is 17.5 Å². The lowest BCUT2D eigenvalue weighted by atomic mass is 10.0. The van der Waals surface area contributed by atoms with Crippen molar-refractivity contribution in [1.82, 2.24) is 20.3 Å². The first-order chi connectivity index (χ1) is 15.0. The highest BCUT2D eigenvalue weighted by Gasteiger charge is 2.21. The molecule has 9 nitrogen and oxygen atoms in total. The first-order valence-corrected chi connectivity index (χ1v) is 11.8. The van der Waals surface area contributed by atoms with E-state index in [4.69, 9.17) is 4.74 Å². The number of anilines is 1. The van der Waals surface area contributed by atoms with Crippen LogP contribution in [0.1, 0.15) is 12.8 Å². The molecule has 2 aromatic rings. The number of aliphatic imine (C=N–C) groups is 1. The molecule has 1 fully saturated rings. The Balaban J connectivity index is 1.47.